The molecule has 1 N–H and O–H groups in total. The highest BCUT2D eigenvalue weighted by Gasteiger charge is 2.31. The summed E-state index contributed by atoms with van der Waals surface area (Å²) < 4.78 is 27.1. The van der Waals surface area contributed by atoms with E-state index in [1.165, 1.54) is 4.31 Å². The van der Waals surface area contributed by atoms with Crippen LogP contribution in [0.2, 0.25) is 0 Å². The van der Waals surface area contributed by atoms with Crippen LogP contribution in [0.1, 0.15) is 24.8 Å². The highest BCUT2D eigenvalue weighted by atomic mass is 32.2. The third-order valence-corrected chi connectivity index (χ3v) is 7.73. The second-order valence-electron chi connectivity index (χ2n) is 8.15. The van der Waals surface area contributed by atoms with Gasteiger partial charge in [0.2, 0.25) is 15.9 Å². The van der Waals surface area contributed by atoms with Crippen LogP contribution in [0.5, 0.6) is 0 Å². The first-order valence-electron chi connectivity index (χ1n) is 11.0. The Morgan fingerprint density at radius 2 is 1.77 bits per heavy atom. The number of nitrogens with one attached hydrogen (secondary N) is 1. The molecule has 0 aromatic heterocycles. The third-order valence-electron chi connectivity index (χ3n) is 5.80. The number of carbonyl (C=O) groups is 1. The Hall–Kier alpha value is -2.38. The van der Waals surface area contributed by atoms with E-state index < -0.39 is 10.0 Å². The number of likely N-dealkylation sites (N-methyl/N-ethyl adjacent to an activating group) is 1. The molecular formula is C24H33N3O3S. The molecule has 0 unspecified atom stereocenters. The van der Waals surface area contributed by atoms with E-state index in [0.29, 0.717) is 26.1 Å². The molecule has 6 nitrogen and oxygen atoms in total. The van der Waals surface area contributed by atoms with E-state index in [0.717, 1.165) is 30.5 Å². The van der Waals surface area contributed by atoms with E-state index in [9.17, 15) is 13.2 Å². The van der Waals surface area contributed by atoms with Crippen molar-refractivity contribution in [1.29, 1.82) is 0 Å². The van der Waals surface area contributed by atoms with Crippen molar-refractivity contribution in [2.24, 2.45) is 5.92 Å². The molecule has 0 saturated carbocycles. The van der Waals surface area contributed by atoms with Crippen molar-refractivity contribution in [2.45, 2.75) is 25.7 Å². The van der Waals surface area contributed by atoms with Gasteiger partial charge in [0.1, 0.15) is 0 Å². The van der Waals surface area contributed by atoms with Crippen LogP contribution in [0.25, 0.3) is 0 Å². The topological polar surface area (TPSA) is 69.7 Å². The van der Waals surface area contributed by atoms with Gasteiger partial charge in [-0.1, -0.05) is 48.5 Å². The van der Waals surface area contributed by atoms with Crippen LogP contribution >= 0.6 is 0 Å². The van der Waals surface area contributed by atoms with Crippen molar-refractivity contribution in [3.63, 3.8) is 0 Å². The van der Waals surface area contributed by atoms with Crippen molar-refractivity contribution < 1.29 is 13.2 Å². The smallest absolute Gasteiger partial charge is 0.224 e. The Kier molecular flexibility index (Phi) is 8.49. The number of hydrogen-bond donors (Lipinski definition) is 1. The van der Waals surface area contributed by atoms with Gasteiger partial charge in [-0.25, -0.2) is 12.7 Å². The third kappa shape index (κ3) is 7.08. The van der Waals surface area contributed by atoms with Crippen molar-refractivity contribution >= 4 is 21.6 Å². The molecule has 168 valence electrons. The molecule has 1 aliphatic rings. The van der Waals surface area contributed by atoms with Crippen LogP contribution in [-0.4, -0.2) is 57.6 Å². The normalized spacial score (nSPS) is 17.3. The van der Waals surface area contributed by atoms with Crippen molar-refractivity contribution in [1.82, 2.24) is 9.62 Å². The number of benzene rings is 2. The van der Waals surface area contributed by atoms with Gasteiger partial charge >= 0.3 is 0 Å². The molecule has 1 heterocycles. The number of rotatable bonds is 10. The van der Waals surface area contributed by atoms with E-state index in [2.05, 4.69) is 10.2 Å². The second kappa shape index (κ2) is 11.3. The maximum atomic E-state index is 12.8. The SMILES string of the molecule is CN(CCNC(=O)[C@H]1CCCN(S(=O)(=O)CCCc2ccccc2)C1)c1ccccc1. The fourth-order valence-corrected chi connectivity index (χ4v) is 5.53. The van der Waals surface area contributed by atoms with E-state index in [-0.39, 0.29) is 24.1 Å². The molecular weight excluding hydrogens is 410 g/mol. The van der Waals surface area contributed by atoms with Gasteiger partial charge in [-0.3, -0.25) is 4.79 Å². The van der Waals surface area contributed by atoms with Crippen LogP contribution in [0.3, 0.4) is 0 Å². The molecule has 1 aliphatic heterocycles. The lowest BCUT2D eigenvalue weighted by atomic mass is 9.99. The lowest BCUT2D eigenvalue weighted by molar-refractivity contribution is -0.126. The lowest BCUT2D eigenvalue weighted by Crippen LogP contribution is -2.47. The summed E-state index contributed by atoms with van der Waals surface area (Å²) in [5.41, 5.74) is 2.25. The maximum Gasteiger partial charge on any atom is 0.224 e. The summed E-state index contributed by atoms with van der Waals surface area (Å²) >= 11 is 0. The van der Waals surface area contributed by atoms with Crippen molar-refractivity contribution in [3.8, 4) is 0 Å². The van der Waals surface area contributed by atoms with Gasteiger partial charge in [-0.2, -0.15) is 0 Å². The fraction of sp³-hybridized carbons (Fsp3) is 0.458. The molecule has 1 atom stereocenters. The fourth-order valence-electron chi connectivity index (χ4n) is 3.94. The number of hydrogen-bond acceptors (Lipinski definition) is 4. The molecule has 0 aliphatic carbocycles. The van der Waals surface area contributed by atoms with Crippen LogP contribution in [0, 0.1) is 5.92 Å². The number of piperidine rings is 1. The predicted octanol–water partition coefficient (Wildman–Crippen LogP) is 2.91. The summed E-state index contributed by atoms with van der Waals surface area (Å²) in [6.45, 7) is 2.02. The van der Waals surface area contributed by atoms with Gasteiger partial charge in [-0.05, 0) is 43.4 Å². The van der Waals surface area contributed by atoms with E-state index in [1.54, 1.807) is 0 Å². The number of para-hydroxylation sites is 1. The number of sulfonamides is 1. The van der Waals surface area contributed by atoms with Crippen LogP contribution < -0.4 is 10.2 Å². The lowest BCUT2D eigenvalue weighted by Gasteiger charge is -2.31. The van der Waals surface area contributed by atoms with E-state index >= 15 is 0 Å². The minimum atomic E-state index is -3.34. The minimum Gasteiger partial charge on any atom is -0.373 e. The van der Waals surface area contributed by atoms with Crippen LogP contribution in [-0.2, 0) is 21.2 Å². The first-order valence-corrected chi connectivity index (χ1v) is 12.6. The predicted molar refractivity (Wildman–Crippen MR) is 126 cm³/mol. The summed E-state index contributed by atoms with van der Waals surface area (Å²) in [4.78, 5) is 14.7. The van der Waals surface area contributed by atoms with Gasteiger partial charge in [0, 0.05) is 38.9 Å². The summed E-state index contributed by atoms with van der Waals surface area (Å²) in [6.07, 6.45) is 2.79. The Labute approximate surface area is 186 Å². The molecule has 1 saturated heterocycles. The van der Waals surface area contributed by atoms with Crippen molar-refractivity contribution in [2.75, 3.05) is 43.9 Å². The monoisotopic (exact) mass is 443 g/mol. The first kappa shape index (κ1) is 23.3. The molecule has 1 fully saturated rings. The van der Waals surface area contributed by atoms with Crippen LogP contribution in [0.15, 0.2) is 60.7 Å². The summed E-state index contributed by atoms with van der Waals surface area (Å²) in [5, 5.41) is 2.99. The molecule has 31 heavy (non-hydrogen) atoms. The zero-order chi connectivity index (χ0) is 22.1. The van der Waals surface area contributed by atoms with E-state index in [1.807, 2.05) is 67.7 Å². The Morgan fingerprint density at radius 1 is 1.10 bits per heavy atom. The average Bonchev–Trinajstić information content (AvgIpc) is 2.80. The number of aryl methyl sites for hydroxylation is 1. The number of nitrogens with zero attached hydrogens (tertiary/aromatic N) is 2. The van der Waals surface area contributed by atoms with Crippen molar-refractivity contribution in [3.05, 3.63) is 66.2 Å². The second-order valence-corrected chi connectivity index (χ2v) is 10.2. The standard InChI is InChI=1S/C24H33N3O3S/c1-26(23-14-6-3-7-15-23)18-16-25-24(28)22-13-8-17-27(20-22)31(29,30)19-9-12-21-10-4-2-5-11-21/h2-7,10-11,14-15,22H,8-9,12-13,16-20H2,1H3,(H,25,28)/t22-/m0/s1. The highest BCUT2D eigenvalue weighted by Crippen LogP contribution is 2.20. The molecule has 7 heteroatoms. The Balaban J connectivity index is 1.43. The average molecular weight is 444 g/mol. The van der Waals surface area contributed by atoms with Gasteiger partial charge in [-0.15, -0.1) is 0 Å². The zero-order valence-corrected chi connectivity index (χ0v) is 19.1. The molecule has 0 bridgehead atoms. The van der Waals surface area contributed by atoms with E-state index in [4.69, 9.17) is 0 Å². The Morgan fingerprint density at radius 3 is 2.48 bits per heavy atom. The molecule has 3 rings (SSSR count). The molecule has 1 amide bonds. The molecule has 2 aromatic rings. The molecule has 2 aromatic carbocycles. The quantitative estimate of drug-likeness (QED) is 0.613. The number of anilines is 1. The molecule has 0 spiro atoms. The van der Waals surface area contributed by atoms with Gasteiger partial charge in [0.05, 0.1) is 11.7 Å². The largest absolute Gasteiger partial charge is 0.373 e. The summed E-state index contributed by atoms with van der Waals surface area (Å²) in [5.74, 6) is -0.205. The zero-order valence-electron chi connectivity index (χ0n) is 18.2. The number of amides is 1. The molecule has 0 radical (unpaired) electrons. The van der Waals surface area contributed by atoms with Crippen LogP contribution in [0.4, 0.5) is 5.69 Å². The maximum absolute atomic E-state index is 12.8. The first-order chi connectivity index (χ1) is 15.0. The highest BCUT2D eigenvalue weighted by molar-refractivity contribution is 7.89. The van der Waals surface area contributed by atoms with Gasteiger partial charge < -0.3 is 10.2 Å². The van der Waals surface area contributed by atoms with Gasteiger partial charge in [0.25, 0.3) is 0 Å². The number of carbonyl (C=O) groups excluding carboxylic acids is 1. The summed E-state index contributed by atoms with van der Waals surface area (Å²) in [7, 11) is -1.35. The minimum absolute atomic E-state index is 0.0503. The summed E-state index contributed by atoms with van der Waals surface area (Å²) in [6, 6.07) is 19.9. The Bertz CT molecular complexity index is 920. The van der Waals surface area contributed by atoms with Gasteiger partial charge in [0.15, 0.2) is 0 Å².